The third-order valence-corrected chi connectivity index (χ3v) is 4.77. The fourth-order valence-electron chi connectivity index (χ4n) is 3.38. The molecule has 0 aliphatic heterocycles. The minimum atomic E-state index is -0.296. The minimum Gasteiger partial charge on any atom is -0.462 e. The summed E-state index contributed by atoms with van der Waals surface area (Å²) in [5.41, 5.74) is 8.21. The zero-order chi connectivity index (χ0) is 17.6. The number of rotatable bonds is 7. The average Bonchev–Trinajstić information content (AvgIpc) is 2.55. The van der Waals surface area contributed by atoms with Crippen LogP contribution in [0.4, 0.5) is 11.4 Å². The Balaban J connectivity index is 1.94. The number of nitrogens with two attached hydrogens (primary N) is 1. The Kier molecular flexibility index (Phi) is 6.52. The number of hydrogen-bond donors (Lipinski definition) is 2. The normalized spacial score (nSPS) is 16.0. The van der Waals surface area contributed by atoms with Crippen molar-refractivity contribution in [1.82, 2.24) is 0 Å². The van der Waals surface area contributed by atoms with Crippen LogP contribution in [-0.2, 0) is 4.74 Å². The molecule has 0 atom stereocenters. The highest BCUT2D eigenvalue weighted by Gasteiger charge is 2.20. The van der Waals surface area contributed by atoms with Crippen LogP contribution in [0.2, 0.25) is 0 Å². The maximum absolute atomic E-state index is 12.3. The van der Waals surface area contributed by atoms with E-state index in [1.165, 1.54) is 32.1 Å². The van der Waals surface area contributed by atoms with E-state index in [0.29, 0.717) is 23.9 Å². The molecule has 0 aromatic heterocycles. The molecule has 1 aliphatic carbocycles. The number of anilines is 2. The molecule has 24 heavy (non-hydrogen) atoms. The molecule has 2 rings (SSSR count). The van der Waals surface area contributed by atoms with Gasteiger partial charge in [-0.1, -0.05) is 46.5 Å². The Bertz CT molecular complexity index is 549. The lowest BCUT2D eigenvalue weighted by Gasteiger charge is -2.25. The monoisotopic (exact) mass is 332 g/mol. The van der Waals surface area contributed by atoms with Crippen molar-refractivity contribution in [1.29, 1.82) is 0 Å². The molecule has 0 heterocycles. The average molecular weight is 332 g/mol. The number of nitrogen functional groups attached to an aromatic ring is 1. The number of benzene rings is 1. The first kappa shape index (κ1) is 18.6. The summed E-state index contributed by atoms with van der Waals surface area (Å²) in [7, 11) is 0. The Labute approximate surface area is 146 Å². The maximum Gasteiger partial charge on any atom is 0.338 e. The van der Waals surface area contributed by atoms with E-state index < -0.39 is 0 Å². The number of hydrogen-bond acceptors (Lipinski definition) is 4. The first-order valence-electron chi connectivity index (χ1n) is 9.24. The zero-order valence-electron chi connectivity index (χ0n) is 15.4. The molecule has 4 heteroatoms. The van der Waals surface area contributed by atoms with E-state index in [0.717, 1.165) is 18.5 Å². The summed E-state index contributed by atoms with van der Waals surface area (Å²) in [6.07, 6.45) is 8.37. The van der Waals surface area contributed by atoms with Crippen molar-refractivity contribution in [3.63, 3.8) is 0 Å². The molecule has 0 spiro atoms. The fraction of sp³-hybridized carbons (Fsp3) is 0.650. The van der Waals surface area contributed by atoms with Crippen LogP contribution in [0.15, 0.2) is 18.2 Å². The lowest BCUT2D eigenvalue weighted by molar-refractivity contribution is 0.0326. The van der Waals surface area contributed by atoms with E-state index in [9.17, 15) is 4.79 Å². The first-order chi connectivity index (χ1) is 11.4. The Morgan fingerprint density at radius 3 is 2.62 bits per heavy atom. The van der Waals surface area contributed by atoms with Crippen LogP contribution in [0, 0.1) is 5.41 Å². The van der Waals surface area contributed by atoms with Crippen molar-refractivity contribution in [3.8, 4) is 0 Å². The van der Waals surface area contributed by atoms with Gasteiger partial charge < -0.3 is 15.8 Å². The van der Waals surface area contributed by atoms with Gasteiger partial charge in [-0.05, 0) is 42.9 Å². The third kappa shape index (κ3) is 5.43. The second-order valence-electron chi connectivity index (χ2n) is 7.77. The number of carbonyl (C=O) groups excluding carboxylic acids is 1. The Morgan fingerprint density at radius 1 is 1.29 bits per heavy atom. The predicted octanol–water partition coefficient (Wildman–Crippen LogP) is 5.00. The Morgan fingerprint density at radius 2 is 2.00 bits per heavy atom. The molecule has 3 N–H and O–H groups in total. The van der Waals surface area contributed by atoms with Gasteiger partial charge in [0.05, 0.1) is 23.5 Å². The van der Waals surface area contributed by atoms with Crippen LogP contribution >= 0.6 is 0 Å². The molecular weight excluding hydrogens is 300 g/mol. The van der Waals surface area contributed by atoms with Crippen LogP contribution < -0.4 is 11.1 Å². The number of carbonyl (C=O) groups is 1. The molecule has 1 fully saturated rings. The van der Waals surface area contributed by atoms with Gasteiger partial charge in [0.2, 0.25) is 0 Å². The highest BCUT2D eigenvalue weighted by atomic mass is 16.5. The van der Waals surface area contributed by atoms with E-state index in [2.05, 4.69) is 26.1 Å². The molecule has 0 unspecified atom stereocenters. The van der Waals surface area contributed by atoms with Crippen molar-refractivity contribution < 1.29 is 9.53 Å². The van der Waals surface area contributed by atoms with E-state index >= 15 is 0 Å². The van der Waals surface area contributed by atoms with Gasteiger partial charge in [0.15, 0.2) is 0 Å². The lowest BCUT2D eigenvalue weighted by Crippen LogP contribution is -2.23. The van der Waals surface area contributed by atoms with Crippen LogP contribution in [0.3, 0.4) is 0 Å². The van der Waals surface area contributed by atoms with Crippen molar-refractivity contribution in [3.05, 3.63) is 23.8 Å². The van der Waals surface area contributed by atoms with E-state index in [1.54, 1.807) is 12.1 Å². The summed E-state index contributed by atoms with van der Waals surface area (Å²) < 4.78 is 5.48. The van der Waals surface area contributed by atoms with Gasteiger partial charge >= 0.3 is 5.97 Å². The van der Waals surface area contributed by atoms with Crippen LogP contribution in [-0.4, -0.2) is 18.6 Å². The quantitative estimate of drug-likeness (QED) is 0.545. The predicted molar refractivity (Wildman–Crippen MR) is 100 cm³/mol. The summed E-state index contributed by atoms with van der Waals surface area (Å²) in [6, 6.07) is 5.92. The molecule has 134 valence electrons. The molecule has 1 aromatic carbocycles. The molecule has 0 amide bonds. The largest absolute Gasteiger partial charge is 0.462 e. The molecule has 0 bridgehead atoms. The summed E-state index contributed by atoms with van der Waals surface area (Å²) in [4.78, 5) is 12.3. The number of nitrogens with one attached hydrogen (secondary N) is 1. The van der Waals surface area contributed by atoms with Gasteiger partial charge in [0.1, 0.15) is 0 Å². The molecule has 0 radical (unpaired) electrons. The van der Waals surface area contributed by atoms with E-state index in [4.69, 9.17) is 10.5 Å². The van der Waals surface area contributed by atoms with Gasteiger partial charge in [-0.3, -0.25) is 0 Å². The molecule has 4 nitrogen and oxygen atoms in total. The van der Waals surface area contributed by atoms with Gasteiger partial charge in [-0.25, -0.2) is 4.79 Å². The zero-order valence-corrected chi connectivity index (χ0v) is 15.4. The smallest absolute Gasteiger partial charge is 0.338 e. The molecule has 1 aromatic rings. The first-order valence-corrected chi connectivity index (χ1v) is 9.24. The molecular formula is C20H32N2O2. The molecule has 1 aliphatic rings. The van der Waals surface area contributed by atoms with Gasteiger partial charge in [0, 0.05) is 6.04 Å². The Hall–Kier alpha value is -1.71. The van der Waals surface area contributed by atoms with Crippen molar-refractivity contribution in [2.45, 2.75) is 71.8 Å². The van der Waals surface area contributed by atoms with Crippen molar-refractivity contribution in [2.75, 3.05) is 17.7 Å². The summed E-state index contributed by atoms with van der Waals surface area (Å²) in [5.74, 6) is -0.296. The standard InChI is InChI=1S/C20H32N2O2/c1-4-12-20(2,3)14-24-19(23)15-10-11-18(17(21)13-15)22-16-8-6-5-7-9-16/h10-11,13,16,22H,4-9,12,14,21H2,1-3H3. The van der Waals surface area contributed by atoms with E-state index in [1.807, 2.05) is 6.07 Å². The molecule has 0 saturated heterocycles. The highest BCUT2D eigenvalue weighted by Crippen LogP contribution is 2.27. The second kappa shape index (κ2) is 8.41. The number of ether oxygens (including phenoxy) is 1. The van der Waals surface area contributed by atoms with Crippen molar-refractivity contribution in [2.24, 2.45) is 5.41 Å². The van der Waals surface area contributed by atoms with E-state index in [-0.39, 0.29) is 11.4 Å². The van der Waals surface area contributed by atoms with Crippen molar-refractivity contribution >= 4 is 17.3 Å². The number of esters is 1. The highest BCUT2D eigenvalue weighted by molar-refractivity contribution is 5.92. The van der Waals surface area contributed by atoms with Gasteiger partial charge in [-0.15, -0.1) is 0 Å². The van der Waals surface area contributed by atoms with Gasteiger partial charge in [-0.2, -0.15) is 0 Å². The summed E-state index contributed by atoms with van der Waals surface area (Å²) in [6.45, 7) is 6.81. The van der Waals surface area contributed by atoms with Crippen LogP contribution in [0.5, 0.6) is 0 Å². The fourth-order valence-corrected chi connectivity index (χ4v) is 3.38. The maximum atomic E-state index is 12.3. The SMILES string of the molecule is CCCC(C)(C)COC(=O)c1ccc(NC2CCCCC2)c(N)c1. The second-order valence-corrected chi connectivity index (χ2v) is 7.77. The topological polar surface area (TPSA) is 64.3 Å². The van der Waals surface area contributed by atoms with Crippen LogP contribution in [0.1, 0.15) is 76.1 Å². The lowest BCUT2D eigenvalue weighted by atomic mass is 9.89. The minimum absolute atomic E-state index is 0.0123. The summed E-state index contributed by atoms with van der Waals surface area (Å²) in [5, 5.41) is 3.51. The third-order valence-electron chi connectivity index (χ3n) is 4.77. The summed E-state index contributed by atoms with van der Waals surface area (Å²) >= 11 is 0. The van der Waals surface area contributed by atoms with Gasteiger partial charge in [0.25, 0.3) is 0 Å². The van der Waals surface area contributed by atoms with Crippen LogP contribution in [0.25, 0.3) is 0 Å². The molecule has 1 saturated carbocycles.